The number of hydrogen-bond donors (Lipinski definition) is 0. The van der Waals surface area contributed by atoms with Crippen LogP contribution in [0, 0.1) is 0 Å². The molecule has 0 aromatic heterocycles. The third kappa shape index (κ3) is 2.90. The molecule has 0 aromatic rings. The molecule has 0 fully saturated rings. The average molecular weight is 321 g/mol. The van der Waals surface area contributed by atoms with Gasteiger partial charge in [-0.2, -0.15) is 0 Å². The number of hydrogen-bond acceptors (Lipinski definition) is 0. The minimum atomic E-state index is -1.53. The molecule has 0 bridgehead atoms. The normalized spacial score (nSPS) is 16.9. The maximum absolute atomic E-state index is 6.06. The Morgan fingerprint density at radius 1 is 1.00 bits per heavy atom. The number of alkyl halides is 6. The van der Waals surface area contributed by atoms with Crippen molar-refractivity contribution in [3.8, 4) is 0 Å². The van der Waals surface area contributed by atoms with Crippen molar-refractivity contribution < 1.29 is 0 Å². The molecule has 0 aliphatic heterocycles. The van der Waals surface area contributed by atoms with Crippen molar-refractivity contribution in [2.45, 2.75) is 46.1 Å². The largest absolute Gasteiger partial charge is 0.170 e. The third-order valence-electron chi connectivity index (χ3n) is 1.92. The van der Waals surface area contributed by atoms with Crippen molar-refractivity contribution in [1.82, 2.24) is 0 Å². The fraction of sp³-hybridized carbons (Fsp3) is 1.00. The molecule has 1 unspecified atom stereocenters. The van der Waals surface area contributed by atoms with Gasteiger partial charge in [-0.05, 0) is 20.3 Å². The highest BCUT2D eigenvalue weighted by molar-refractivity contribution is 6.66. The second-order valence-corrected chi connectivity index (χ2v) is 7.73. The van der Waals surface area contributed by atoms with Crippen LogP contribution in [0.25, 0.3) is 0 Å². The molecule has 0 saturated heterocycles. The molecule has 0 amide bonds. The minimum Gasteiger partial charge on any atom is -0.120 e. The summed E-state index contributed by atoms with van der Waals surface area (Å²) < 4.78 is -3.04. The lowest BCUT2D eigenvalue weighted by Gasteiger charge is -2.42. The Morgan fingerprint density at radius 3 is 1.57 bits per heavy atom. The van der Waals surface area contributed by atoms with Gasteiger partial charge in [0.2, 0.25) is 0 Å². The predicted molar refractivity (Wildman–Crippen MR) is 68.7 cm³/mol. The Hall–Kier alpha value is 1.74. The highest BCUT2D eigenvalue weighted by atomic mass is 35.5. The summed E-state index contributed by atoms with van der Waals surface area (Å²) in [6.45, 7) is 5.10. The summed E-state index contributed by atoms with van der Waals surface area (Å²) in [5, 5.41) is -0.571. The molecule has 0 nitrogen and oxygen atoms in total. The van der Waals surface area contributed by atoms with Gasteiger partial charge in [0.25, 0.3) is 0 Å². The van der Waals surface area contributed by atoms with Gasteiger partial charge in [0.1, 0.15) is 0 Å². The van der Waals surface area contributed by atoms with Gasteiger partial charge in [0.15, 0.2) is 8.67 Å². The molecule has 0 radical (unpaired) electrons. The van der Waals surface area contributed by atoms with Gasteiger partial charge in [-0.25, -0.2) is 0 Å². The van der Waals surface area contributed by atoms with Crippen molar-refractivity contribution in [2.24, 2.45) is 0 Å². The van der Waals surface area contributed by atoms with Crippen LogP contribution in [-0.4, -0.2) is 18.9 Å². The highest BCUT2D eigenvalue weighted by Crippen LogP contribution is 2.55. The topological polar surface area (TPSA) is 0 Å². The summed E-state index contributed by atoms with van der Waals surface area (Å²) in [6, 6.07) is 0. The van der Waals surface area contributed by atoms with Gasteiger partial charge >= 0.3 is 0 Å². The zero-order valence-corrected chi connectivity index (χ0v) is 12.6. The van der Waals surface area contributed by atoms with E-state index in [-0.39, 0.29) is 0 Å². The van der Waals surface area contributed by atoms with Crippen LogP contribution in [0.3, 0.4) is 0 Å². The molecule has 0 saturated carbocycles. The maximum atomic E-state index is 6.06. The van der Waals surface area contributed by atoms with E-state index in [2.05, 4.69) is 0 Å². The molecular formula is C8H12Cl6. The van der Waals surface area contributed by atoms with Gasteiger partial charge in [0.05, 0.1) is 10.3 Å². The Bertz CT molecular complexity index is 192. The molecule has 0 aromatic carbocycles. The molecule has 0 heterocycles. The third-order valence-corrected chi connectivity index (χ3v) is 6.28. The number of rotatable bonds is 4. The maximum Gasteiger partial charge on any atom is 0.170 e. The van der Waals surface area contributed by atoms with Crippen molar-refractivity contribution >= 4 is 69.6 Å². The Morgan fingerprint density at radius 2 is 1.36 bits per heavy atom. The van der Waals surface area contributed by atoms with Crippen molar-refractivity contribution in [1.29, 1.82) is 0 Å². The lowest BCUT2D eigenvalue weighted by Crippen LogP contribution is -2.53. The number of halogens is 6. The van der Waals surface area contributed by atoms with Crippen molar-refractivity contribution in [3.05, 3.63) is 0 Å². The summed E-state index contributed by atoms with van der Waals surface area (Å²) in [6.07, 6.45) is 0.544. The van der Waals surface area contributed by atoms with Crippen LogP contribution in [0.2, 0.25) is 0 Å². The molecular weight excluding hydrogens is 309 g/mol. The first-order chi connectivity index (χ1) is 5.98. The smallest absolute Gasteiger partial charge is 0.120 e. The van der Waals surface area contributed by atoms with E-state index in [0.717, 1.165) is 0 Å². The molecule has 0 spiro atoms. The van der Waals surface area contributed by atoms with Gasteiger partial charge in [0, 0.05) is 0 Å². The fourth-order valence-electron chi connectivity index (χ4n) is 0.849. The first-order valence-electron chi connectivity index (χ1n) is 4.07. The van der Waals surface area contributed by atoms with E-state index in [9.17, 15) is 0 Å². The fourth-order valence-corrected chi connectivity index (χ4v) is 2.41. The molecule has 0 aliphatic carbocycles. The van der Waals surface area contributed by atoms with E-state index in [1.165, 1.54) is 0 Å². The highest BCUT2D eigenvalue weighted by Gasteiger charge is 2.59. The van der Waals surface area contributed by atoms with Crippen LogP contribution in [0.5, 0.6) is 0 Å². The lowest BCUT2D eigenvalue weighted by molar-refractivity contribution is 0.506. The van der Waals surface area contributed by atoms with Crippen LogP contribution in [0.4, 0.5) is 0 Å². The van der Waals surface area contributed by atoms with Crippen LogP contribution in [0.15, 0.2) is 0 Å². The first-order valence-corrected chi connectivity index (χ1v) is 6.39. The molecule has 0 N–H and O–H groups in total. The second kappa shape index (κ2) is 4.94. The second-order valence-electron chi connectivity index (χ2n) is 3.55. The van der Waals surface area contributed by atoms with E-state index in [0.29, 0.717) is 6.42 Å². The lowest BCUT2D eigenvalue weighted by atomic mass is 10.0. The van der Waals surface area contributed by atoms with E-state index in [4.69, 9.17) is 69.6 Å². The van der Waals surface area contributed by atoms with Gasteiger partial charge in [-0.15, -0.1) is 23.2 Å². The monoisotopic (exact) mass is 318 g/mol. The quantitative estimate of drug-likeness (QED) is 0.611. The summed E-state index contributed by atoms with van der Waals surface area (Å²) in [4.78, 5) is -0.984. The van der Waals surface area contributed by atoms with E-state index in [1.807, 2.05) is 6.92 Å². The predicted octanol–water partition coefficient (Wildman–Crippen LogP) is 5.37. The summed E-state index contributed by atoms with van der Waals surface area (Å²) >= 11 is 36.2. The van der Waals surface area contributed by atoms with Gasteiger partial charge in [-0.3, -0.25) is 0 Å². The molecule has 0 aliphatic rings. The molecule has 0 rings (SSSR count). The SMILES string of the molecule is CCC(Cl)C(Cl)(Cl)C(Cl)(Cl)C(C)(C)Cl. The zero-order valence-electron chi connectivity index (χ0n) is 8.05. The molecule has 1 atom stereocenters. The zero-order chi connectivity index (χ0) is 11.8. The van der Waals surface area contributed by atoms with E-state index >= 15 is 0 Å². The average Bonchev–Trinajstić information content (AvgIpc) is 2.00. The molecule has 6 heteroatoms. The standard InChI is InChI=1S/C8H12Cl6/c1-4-5(9)7(11,12)8(13,14)6(2,3)10/h5H,4H2,1-3H3. The van der Waals surface area contributed by atoms with Gasteiger partial charge < -0.3 is 0 Å². The first kappa shape index (κ1) is 15.7. The van der Waals surface area contributed by atoms with Crippen LogP contribution < -0.4 is 0 Å². The summed E-state index contributed by atoms with van der Waals surface area (Å²) in [5.41, 5.74) is 0. The molecule has 14 heavy (non-hydrogen) atoms. The van der Waals surface area contributed by atoms with Crippen molar-refractivity contribution in [2.75, 3.05) is 0 Å². The summed E-state index contributed by atoms with van der Waals surface area (Å²) in [5.74, 6) is 0. The Labute approximate surface area is 115 Å². The molecule has 86 valence electrons. The van der Waals surface area contributed by atoms with Gasteiger partial charge in [-0.1, -0.05) is 53.3 Å². The van der Waals surface area contributed by atoms with Crippen LogP contribution >= 0.6 is 69.6 Å². The van der Waals surface area contributed by atoms with Crippen LogP contribution in [0.1, 0.15) is 27.2 Å². The van der Waals surface area contributed by atoms with E-state index in [1.54, 1.807) is 13.8 Å². The Kier molecular flexibility index (Phi) is 5.55. The minimum absolute atomic E-state index is 0.544. The summed E-state index contributed by atoms with van der Waals surface area (Å²) in [7, 11) is 0. The Balaban J connectivity index is 5.07. The van der Waals surface area contributed by atoms with Crippen LogP contribution in [-0.2, 0) is 0 Å². The van der Waals surface area contributed by atoms with Crippen molar-refractivity contribution in [3.63, 3.8) is 0 Å². The van der Waals surface area contributed by atoms with E-state index < -0.39 is 18.9 Å².